The maximum atomic E-state index is 5.87. The predicted octanol–water partition coefficient (Wildman–Crippen LogP) is 6.29. The van der Waals surface area contributed by atoms with E-state index >= 15 is 0 Å². The Morgan fingerprint density at radius 3 is 2.15 bits per heavy atom. The van der Waals surface area contributed by atoms with E-state index in [2.05, 4.69) is 51.7 Å². The first kappa shape index (κ1) is 28.4. The van der Waals surface area contributed by atoms with Gasteiger partial charge in [-0.15, -0.1) is 11.3 Å². The molecule has 3 aromatic carbocycles. The van der Waals surface area contributed by atoms with Gasteiger partial charge in [-0.3, -0.25) is 0 Å². The van der Waals surface area contributed by atoms with Crippen LogP contribution in [0.15, 0.2) is 96.9 Å². The van der Waals surface area contributed by atoms with Gasteiger partial charge >= 0.3 is 0 Å². The predicted molar refractivity (Wildman–Crippen MR) is 161 cm³/mol. The number of hydrogen-bond donors (Lipinski definition) is 0. The van der Waals surface area contributed by atoms with Crippen LogP contribution in [0.4, 0.5) is 5.13 Å². The Morgan fingerprint density at radius 1 is 0.780 bits per heavy atom. The van der Waals surface area contributed by atoms with Gasteiger partial charge in [-0.2, -0.15) is 0 Å². The molecule has 0 aliphatic carbocycles. The number of thiazole rings is 1. The fourth-order valence-electron chi connectivity index (χ4n) is 4.38. The highest BCUT2D eigenvalue weighted by Crippen LogP contribution is 2.26. The van der Waals surface area contributed by atoms with Crippen molar-refractivity contribution >= 4 is 16.5 Å². The molecule has 9 heteroatoms. The summed E-state index contributed by atoms with van der Waals surface area (Å²) >= 11 is 1.62. The van der Waals surface area contributed by atoms with Crippen molar-refractivity contribution in [3.05, 3.63) is 119 Å². The van der Waals surface area contributed by atoms with Gasteiger partial charge in [0.15, 0.2) is 5.13 Å². The second-order valence-electron chi connectivity index (χ2n) is 9.43. The van der Waals surface area contributed by atoms with E-state index in [4.69, 9.17) is 23.9 Å². The molecule has 0 unspecified atom stereocenters. The van der Waals surface area contributed by atoms with Gasteiger partial charge < -0.3 is 28.4 Å². The number of methoxy groups -OCH3 is 2. The molecule has 8 nitrogen and oxygen atoms in total. The minimum absolute atomic E-state index is 0.433. The zero-order chi connectivity index (χ0) is 28.3. The van der Waals surface area contributed by atoms with Gasteiger partial charge in [0.05, 0.1) is 52.7 Å². The van der Waals surface area contributed by atoms with Gasteiger partial charge in [0.2, 0.25) is 0 Å². The maximum Gasteiger partial charge on any atom is 0.186 e. The van der Waals surface area contributed by atoms with Crippen LogP contribution in [0, 0.1) is 0 Å². The van der Waals surface area contributed by atoms with E-state index in [1.807, 2.05) is 53.5 Å². The molecule has 0 saturated heterocycles. The third kappa shape index (κ3) is 8.17. The number of hydrogen-bond acceptors (Lipinski definition) is 8. The lowest BCUT2D eigenvalue weighted by atomic mass is 10.1. The third-order valence-electron chi connectivity index (χ3n) is 6.43. The summed E-state index contributed by atoms with van der Waals surface area (Å²) in [6.07, 6.45) is 5.54. The maximum absolute atomic E-state index is 5.87. The van der Waals surface area contributed by atoms with Crippen LogP contribution in [0.5, 0.6) is 11.5 Å². The number of aromatic nitrogens is 3. The molecule has 0 radical (unpaired) electrons. The van der Waals surface area contributed by atoms with E-state index in [0.717, 1.165) is 39.1 Å². The molecule has 0 saturated carbocycles. The van der Waals surface area contributed by atoms with Crippen molar-refractivity contribution in [1.29, 1.82) is 0 Å². The highest BCUT2D eigenvalue weighted by atomic mass is 32.1. The molecule has 0 fully saturated rings. The molecular formula is C32H34N4O4S. The summed E-state index contributed by atoms with van der Waals surface area (Å²) in [5.41, 5.74) is 5.38. The summed E-state index contributed by atoms with van der Waals surface area (Å²) < 4.78 is 24.4. The highest BCUT2D eigenvalue weighted by molar-refractivity contribution is 7.13. The first-order chi connectivity index (χ1) is 20.2. The number of anilines is 1. The van der Waals surface area contributed by atoms with Crippen molar-refractivity contribution in [3.8, 4) is 17.2 Å². The lowest BCUT2D eigenvalue weighted by Crippen LogP contribution is -2.22. The quantitative estimate of drug-likeness (QED) is 0.137. The minimum atomic E-state index is 0.433. The molecule has 2 heterocycles. The monoisotopic (exact) mass is 570 g/mol. The topological polar surface area (TPSA) is 70.9 Å². The summed E-state index contributed by atoms with van der Waals surface area (Å²) in [6.45, 7) is 3.34. The Kier molecular flexibility index (Phi) is 9.99. The molecule has 0 spiro atoms. The van der Waals surface area contributed by atoms with Crippen molar-refractivity contribution in [1.82, 2.24) is 14.5 Å². The van der Waals surface area contributed by atoms with Crippen molar-refractivity contribution in [2.75, 3.05) is 32.3 Å². The van der Waals surface area contributed by atoms with Gasteiger partial charge in [-0.05, 0) is 53.1 Å². The summed E-state index contributed by atoms with van der Waals surface area (Å²) in [6, 6.07) is 24.5. The summed E-state index contributed by atoms with van der Waals surface area (Å²) in [5, 5.41) is 3.00. The van der Waals surface area contributed by atoms with Gasteiger partial charge in [-0.1, -0.05) is 36.4 Å². The summed E-state index contributed by atoms with van der Waals surface area (Å²) in [7, 11) is 3.35. The Hall–Kier alpha value is -4.18. The lowest BCUT2D eigenvalue weighted by molar-refractivity contribution is 0.0330. The second-order valence-corrected chi connectivity index (χ2v) is 10.3. The molecule has 5 aromatic rings. The van der Waals surface area contributed by atoms with Crippen LogP contribution in [-0.2, 0) is 35.8 Å². The van der Waals surface area contributed by atoms with Gasteiger partial charge in [0.25, 0.3) is 0 Å². The molecule has 0 amide bonds. The fraction of sp³-hybridized carbons (Fsp3) is 0.250. The second kappa shape index (κ2) is 14.5. The SMILES string of the molecule is COc1cccc(COCCOCc2csc(N(Cc3cccc(OC)c3)Cc3cccc(-n4ccnc4)c3)n2)c1. The van der Waals surface area contributed by atoms with Crippen LogP contribution in [0.3, 0.4) is 0 Å². The number of benzene rings is 3. The first-order valence-corrected chi connectivity index (χ1v) is 14.3. The number of ether oxygens (including phenoxy) is 4. The van der Waals surface area contributed by atoms with Crippen molar-refractivity contribution in [2.45, 2.75) is 26.3 Å². The average molecular weight is 571 g/mol. The van der Waals surface area contributed by atoms with E-state index < -0.39 is 0 Å². The molecule has 0 atom stereocenters. The number of rotatable bonds is 15. The van der Waals surface area contributed by atoms with E-state index in [1.54, 1.807) is 31.8 Å². The Bertz CT molecular complexity index is 1510. The van der Waals surface area contributed by atoms with E-state index in [9.17, 15) is 0 Å². The smallest absolute Gasteiger partial charge is 0.186 e. The van der Waals surface area contributed by atoms with Crippen molar-refractivity contribution < 1.29 is 18.9 Å². The van der Waals surface area contributed by atoms with E-state index in [1.165, 1.54) is 5.56 Å². The Morgan fingerprint density at radius 2 is 1.44 bits per heavy atom. The molecule has 41 heavy (non-hydrogen) atoms. The molecule has 0 N–H and O–H groups in total. The van der Waals surface area contributed by atoms with Crippen LogP contribution in [-0.4, -0.2) is 42.0 Å². The third-order valence-corrected chi connectivity index (χ3v) is 7.38. The van der Waals surface area contributed by atoms with Crippen LogP contribution < -0.4 is 14.4 Å². The molecule has 2 aromatic heterocycles. The number of nitrogens with zero attached hydrogens (tertiary/aromatic N) is 4. The lowest BCUT2D eigenvalue weighted by Gasteiger charge is -2.23. The fourth-order valence-corrected chi connectivity index (χ4v) is 5.20. The van der Waals surface area contributed by atoms with Gasteiger partial charge in [0.1, 0.15) is 11.5 Å². The standard InChI is InChI=1S/C32H34N4O4S/c1-37-30-10-4-7-26(17-30)20-36(19-25-6-3-9-29(16-25)35-13-12-33-24-35)32-34-28(23-41-32)22-40-15-14-39-21-27-8-5-11-31(18-27)38-2/h3-13,16-18,23-24H,14-15,19-22H2,1-2H3. The highest BCUT2D eigenvalue weighted by Gasteiger charge is 2.14. The first-order valence-electron chi connectivity index (χ1n) is 13.4. The van der Waals surface area contributed by atoms with Crippen LogP contribution in [0.1, 0.15) is 22.4 Å². The number of imidazole rings is 1. The van der Waals surface area contributed by atoms with Crippen LogP contribution in [0.2, 0.25) is 0 Å². The summed E-state index contributed by atoms with van der Waals surface area (Å²) in [5.74, 6) is 1.67. The Balaban J connectivity index is 1.20. The normalized spacial score (nSPS) is 11.0. The van der Waals surface area contributed by atoms with E-state index in [0.29, 0.717) is 39.5 Å². The minimum Gasteiger partial charge on any atom is -0.497 e. The zero-order valence-corrected chi connectivity index (χ0v) is 24.1. The molecule has 0 aliphatic heterocycles. The molecule has 212 valence electrons. The van der Waals surface area contributed by atoms with Crippen molar-refractivity contribution in [3.63, 3.8) is 0 Å². The van der Waals surface area contributed by atoms with Crippen molar-refractivity contribution in [2.24, 2.45) is 0 Å². The Labute approximate surface area is 244 Å². The average Bonchev–Trinajstić information content (AvgIpc) is 3.72. The molecule has 0 aliphatic rings. The van der Waals surface area contributed by atoms with Crippen LogP contribution >= 0.6 is 11.3 Å². The molecular weight excluding hydrogens is 536 g/mol. The molecule has 0 bridgehead atoms. The van der Waals surface area contributed by atoms with Gasteiger partial charge in [0, 0.05) is 36.6 Å². The zero-order valence-electron chi connectivity index (χ0n) is 23.3. The van der Waals surface area contributed by atoms with Gasteiger partial charge in [-0.25, -0.2) is 9.97 Å². The largest absolute Gasteiger partial charge is 0.497 e. The van der Waals surface area contributed by atoms with E-state index in [-0.39, 0.29) is 0 Å². The van der Waals surface area contributed by atoms with Crippen LogP contribution in [0.25, 0.3) is 5.69 Å². The summed E-state index contributed by atoms with van der Waals surface area (Å²) in [4.78, 5) is 11.4. The molecule has 5 rings (SSSR count).